The van der Waals surface area contributed by atoms with E-state index in [-0.39, 0.29) is 11.8 Å². The van der Waals surface area contributed by atoms with Crippen LogP contribution in [0.2, 0.25) is 5.02 Å². The summed E-state index contributed by atoms with van der Waals surface area (Å²) in [7, 11) is 0. The van der Waals surface area contributed by atoms with E-state index in [1.165, 1.54) is 0 Å². The average Bonchev–Trinajstić information content (AvgIpc) is 3.36. The van der Waals surface area contributed by atoms with Crippen molar-refractivity contribution in [2.24, 2.45) is 0 Å². The fraction of sp³-hybridized carbons (Fsp3) is 0.316. The van der Waals surface area contributed by atoms with E-state index < -0.39 is 0 Å². The maximum absolute atomic E-state index is 12.3. The van der Waals surface area contributed by atoms with Gasteiger partial charge in [0.05, 0.1) is 22.1 Å². The number of hydrogen-bond acceptors (Lipinski definition) is 6. The fourth-order valence-electron chi connectivity index (χ4n) is 3.20. The van der Waals surface area contributed by atoms with Crippen LogP contribution in [0, 0.1) is 0 Å². The molecular formula is C19H19ClN4O2S. The average molecular weight is 403 g/mol. The Kier molecular flexibility index (Phi) is 5.52. The van der Waals surface area contributed by atoms with Crippen LogP contribution >= 0.6 is 22.9 Å². The van der Waals surface area contributed by atoms with Crippen LogP contribution in [0.15, 0.2) is 46.3 Å². The lowest BCUT2D eigenvalue weighted by Gasteiger charge is -2.29. The standard InChI is InChI=1S/C19H19ClN4O2S/c20-14-4-1-2-5-15(14)21-17(25)12-24-9-7-13(8-10-24)19-22-18(23-26-19)16-6-3-11-27-16/h1-6,11,13H,7-10,12H2,(H,21,25). The quantitative estimate of drug-likeness (QED) is 0.690. The Labute approximate surface area is 166 Å². The summed E-state index contributed by atoms with van der Waals surface area (Å²) in [4.78, 5) is 20.0. The molecule has 0 radical (unpaired) electrons. The van der Waals surface area contributed by atoms with E-state index >= 15 is 0 Å². The zero-order valence-electron chi connectivity index (χ0n) is 14.6. The summed E-state index contributed by atoms with van der Waals surface area (Å²) in [5.41, 5.74) is 0.644. The SMILES string of the molecule is O=C(CN1CCC(c2nc(-c3cccs3)no2)CC1)Nc1ccccc1Cl. The number of amides is 1. The molecule has 0 unspecified atom stereocenters. The van der Waals surface area contributed by atoms with Gasteiger partial charge in [-0.05, 0) is 49.5 Å². The number of halogens is 1. The zero-order valence-corrected chi connectivity index (χ0v) is 16.2. The molecular weight excluding hydrogens is 384 g/mol. The molecule has 8 heteroatoms. The van der Waals surface area contributed by atoms with Gasteiger partial charge in [0.25, 0.3) is 0 Å². The maximum atomic E-state index is 12.3. The number of hydrogen-bond donors (Lipinski definition) is 1. The Morgan fingerprint density at radius 3 is 2.81 bits per heavy atom. The predicted octanol–water partition coefficient (Wildman–Crippen LogP) is 4.27. The zero-order chi connectivity index (χ0) is 18.6. The molecule has 1 aliphatic heterocycles. The molecule has 0 aliphatic carbocycles. The molecule has 1 fully saturated rings. The lowest BCUT2D eigenvalue weighted by Crippen LogP contribution is -2.38. The Balaban J connectivity index is 1.29. The van der Waals surface area contributed by atoms with Gasteiger partial charge in [0.15, 0.2) is 0 Å². The van der Waals surface area contributed by atoms with Crippen LogP contribution in [0.3, 0.4) is 0 Å². The number of carbonyl (C=O) groups is 1. The number of thiophene rings is 1. The van der Waals surface area contributed by atoms with E-state index in [1.54, 1.807) is 23.5 Å². The topological polar surface area (TPSA) is 71.3 Å². The first kappa shape index (κ1) is 18.2. The van der Waals surface area contributed by atoms with Gasteiger partial charge in [-0.1, -0.05) is 35.0 Å². The molecule has 2 aromatic heterocycles. The number of para-hydroxylation sites is 1. The first-order chi connectivity index (χ1) is 13.2. The molecule has 140 valence electrons. The predicted molar refractivity (Wildman–Crippen MR) is 106 cm³/mol. The molecule has 0 bridgehead atoms. The van der Waals surface area contributed by atoms with Crippen LogP contribution in [0.4, 0.5) is 5.69 Å². The summed E-state index contributed by atoms with van der Waals surface area (Å²) in [6.45, 7) is 1.98. The summed E-state index contributed by atoms with van der Waals surface area (Å²) in [6.07, 6.45) is 1.79. The van der Waals surface area contributed by atoms with E-state index in [1.807, 2.05) is 29.6 Å². The molecule has 1 saturated heterocycles. The van der Waals surface area contributed by atoms with Gasteiger partial charge in [0, 0.05) is 5.92 Å². The van der Waals surface area contributed by atoms with Gasteiger partial charge in [-0.15, -0.1) is 11.3 Å². The van der Waals surface area contributed by atoms with Crippen molar-refractivity contribution in [1.29, 1.82) is 0 Å². The molecule has 3 heterocycles. The lowest BCUT2D eigenvalue weighted by molar-refractivity contribution is -0.117. The van der Waals surface area contributed by atoms with Gasteiger partial charge in [-0.2, -0.15) is 4.98 Å². The minimum atomic E-state index is -0.0562. The fourth-order valence-corrected chi connectivity index (χ4v) is 4.03. The molecule has 1 N–H and O–H groups in total. The van der Waals surface area contributed by atoms with Gasteiger partial charge in [0.2, 0.25) is 17.6 Å². The number of rotatable bonds is 5. The second-order valence-corrected chi connectivity index (χ2v) is 7.87. The molecule has 0 spiro atoms. The number of carbonyl (C=O) groups excluding carboxylic acids is 1. The molecule has 0 atom stereocenters. The van der Waals surface area contributed by atoms with Gasteiger partial charge in [-0.25, -0.2) is 0 Å². The number of nitrogens with zero attached hydrogens (tertiary/aromatic N) is 3. The number of piperidine rings is 1. The Morgan fingerprint density at radius 1 is 1.26 bits per heavy atom. The van der Waals surface area contributed by atoms with Gasteiger partial charge >= 0.3 is 0 Å². The highest BCUT2D eigenvalue weighted by Gasteiger charge is 2.26. The second-order valence-electron chi connectivity index (χ2n) is 6.51. The third-order valence-corrected chi connectivity index (χ3v) is 5.83. The van der Waals surface area contributed by atoms with E-state index in [9.17, 15) is 4.79 Å². The number of benzene rings is 1. The molecule has 4 rings (SSSR count). The van der Waals surface area contributed by atoms with Crippen LogP contribution in [0.25, 0.3) is 10.7 Å². The van der Waals surface area contributed by atoms with E-state index in [0.717, 1.165) is 30.8 Å². The number of anilines is 1. The normalized spacial score (nSPS) is 15.7. The highest BCUT2D eigenvalue weighted by Crippen LogP contribution is 2.29. The van der Waals surface area contributed by atoms with E-state index in [4.69, 9.17) is 16.1 Å². The molecule has 1 aromatic carbocycles. The van der Waals surface area contributed by atoms with Gasteiger partial charge < -0.3 is 9.84 Å². The highest BCUT2D eigenvalue weighted by molar-refractivity contribution is 7.13. The summed E-state index contributed by atoms with van der Waals surface area (Å²) in [6, 6.07) is 11.2. The van der Waals surface area contributed by atoms with Crippen molar-refractivity contribution in [2.75, 3.05) is 25.0 Å². The van der Waals surface area contributed by atoms with Crippen LogP contribution in [0.1, 0.15) is 24.7 Å². The van der Waals surface area contributed by atoms with Crippen molar-refractivity contribution in [1.82, 2.24) is 15.0 Å². The first-order valence-electron chi connectivity index (χ1n) is 8.83. The lowest BCUT2D eigenvalue weighted by atomic mass is 9.97. The Hall–Kier alpha value is -2.22. The molecule has 27 heavy (non-hydrogen) atoms. The van der Waals surface area contributed by atoms with Crippen LogP contribution in [0.5, 0.6) is 0 Å². The van der Waals surface area contributed by atoms with Gasteiger partial charge in [-0.3, -0.25) is 9.69 Å². The van der Waals surface area contributed by atoms with Crippen LogP contribution < -0.4 is 5.32 Å². The number of likely N-dealkylation sites (tertiary alicyclic amines) is 1. The summed E-state index contributed by atoms with van der Waals surface area (Å²) in [5.74, 6) is 1.54. The van der Waals surface area contributed by atoms with Crippen molar-refractivity contribution in [3.05, 3.63) is 52.7 Å². The molecule has 0 saturated carbocycles. The monoisotopic (exact) mass is 402 g/mol. The summed E-state index contributed by atoms with van der Waals surface area (Å²) < 4.78 is 5.47. The van der Waals surface area contributed by atoms with Crippen molar-refractivity contribution in [2.45, 2.75) is 18.8 Å². The van der Waals surface area contributed by atoms with Crippen molar-refractivity contribution >= 4 is 34.5 Å². The smallest absolute Gasteiger partial charge is 0.238 e. The summed E-state index contributed by atoms with van der Waals surface area (Å²) >= 11 is 7.68. The van der Waals surface area contributed by atoms with Crippen LogP contribution in [-0.4, -0.2) is 40.6 Å². The molecule has 1 aliphatic rings. The van der Waals surface area contributed by atoms with Gasteiger partial charge in [0.1, 0.15) is 0 Å². The third-order valence-electron chi connectivity index (χ3n) is 4.64. The molecule has 1 amide bonds. The summed E-state index contributed by atoms with van der Waals surface area (Å²) in [5, 5.41) is 9.50. The molecule has 6 nitrogen and oxygen atoms in total. The maximum Gasteiger partial charge on any atom is 0.238 e. The Bertz CT molecular complexity index is 904. The second kappa shape index (κ2) is 8.21. The van der Waals surface area contributed by atoms with E-state index in [2.05, 4.69) is 20.4 Å². The molecule has 3 aromatic rings. The first-order valence-corrected chi connectivity index (χ1v) is 10.1. The number of aromatic nitrogens is 2. The van der Waals surface area contributed by atoms with Crippen LogP contribution in [-0.2, 0) is 4.79 Å². The minimum Gasteiger partial charge on any atom is -0.339 e. The van der Waals surface area contributed by atoms with E-state index in [0.29, 0.717) is 29.0 Å². The Morgan fingerprint density at radius 2 is 2.07 bits per heavy atom. The largest absolute Gasteiger partial charge is 0.339 e. The highest BCUT2D eigenvalue weighted by atomic mass is 35.5. The minimum absolute atomic E-state index is 0.0562. The van der Waals surface area contributed by atoms with Crippen molar-refractivity contribution in [3.63, 3.8) is 0 Å². The number of nitrogens with one attached hydrogen (secondary N) is 1. The van der Waals surface area contributed by atoms with Crippen molar-refractivity contribution < 1.29 is 9.32 Å². The van der Waals surface area contributed by atoms with Crippen molar-refractivity contribution in [3.8, 4) is 10.7 Å². The third kappa shape index (κ3) is 4.37.